The van der Waals surface area contributed by atoms with E-state index in [0.29, 0.717) is 25.4 Å². The number of hydrogen-bond donors (Lipinski definition) is 2. The summed E-state index contributed by atoms with van der Waals surface area (Å²) >= 11 is 0. The lowest BCUT2D eigenvalue weighted by molar-refractivity contribution is -0.130. The van der Waals surface area contributed by atoms with Gasteiger partial charge >= 0.3 is 0 Å². The molecule has 1 fully saturated rings. The molecule has 0 spiro atoms. The van der Waals surface area contributed by atoms with Crippen LogP contribution in [0.3, 0.4) is 0 Å². The summed E-state index contributed by atoms with van der Waals surface area (Å²) in [4.78, 5) is 28.5. The fourth-order valence-electron chi connectivity index (χ4n) is 5.40. The number of nitrogens with zero attached hydrogens (tertiary/aromatic N) is 1. The number of benzene rings is 2. The molecule has 2 aromatic rings. The predicted octanol–water partition coefficient (Wildman–Crippen LogP) is 4.87. The number of halogens is 1. The number of carbonyl (C=O) groups is 2. The monoisotopic (exact) mass is 479 g/mol. The van der Waals surface area contributed by atoms with Gasteiger partial charge in [0.25, 0.3) is 0 Å². The van der Waals surface area contributed by atoms with Gasteiger partial charge in [-0.25, -0.2) is 4.39 Å². The van der Waals surface area contributed by atoms with Crippen LogP contribution in [0.1, 0.15) is 68.1 Å². The second-order valence-corrected chi connectivity index (χ2v) is 10.2. The van der Waals surface area contributed by atoms with Crippen molar-refractivity contribution in [3.63, 3.8) is 0 Å². The highest BCUT2D eigenvalue weighted by Crippen LogP contribution is 2.29. The maximum absolute atomic E-state index is 13.5. The molecule has 1 saturated carbocycles. The van der Waals surface area contributed by atoms with Crippen molar-refractivity contribution in [3.05, 3.63) is 65.0 Å². The van der Waals surface area contributed by atoms with E-state index in [2.05, 4.69) is 15.5 Å². The lowest BCUT2D eigenvalue weighted by Gasteiger charge is -2.28. The number of nitrogens with one attached hydrogen (secondary N) is 2. The Bertz CT molecular complexity index is 1020. The number of rotatable bonds is 9. The van der Waals surface area contributed by atoms with Crippen LogP contribution in [0, 0.1) is 18.7 Å². The third-order valence-corrected chi connectivity index (χ3v) is 7.61. The molecule has 1 aliphatic carbocycles. The molecule has 4 rings (SSSR count). The highest BCUT2D eigenvalue weighted by molar-refractivity contribution is 5.90. The summed E-state index contributed by atoms with van der Waals surface area (Å²) in [6.45, 7) is 5.89. The zero-order chi connectivity index (χ0) is 24.8. The van der Waals surface area contributed by atoms with Gasteiger partial charge in [0, 0.05) is 25.3 Å². The second-order valence-electron chi connectivity index (χ2n) is 10.2. The zero-order valence-electron chi connectivity index (χ0n) is 21.0. The first kappa shape index (κ1) is 25.2. The third kappa shape index (κ3) is 6.62. The van der Waals surface area contributed by atoms with E-state index in [4.69, 9.17) is 0 Å². The van der Waals surface area contributed by atoms with Crippen LogP contribution in [0.2, 0.25) is 0 Å². The van der Waals surface area contributed by atoms with E-state index in [1.807, 2.05) is 44.2 Å². The molecule has 0 aromatic heterocycles. The first-order valence-corrected chi connectivity index (χ1v) is 13.1. The summed E-state index contributed by atoms with van der Waals surface area (Å²) in [5.74, 6) is -0.285. The number of carbonyl (C=O) groups excluding carboxylic acids is 2. The molecule has 2 aromatic carbocycles. The minimum Gasteiger partial charge on any atom is -0.369 e. The van der Waals surface area contributed by atoms with Crippen molar-refractivity contribution >= 4 is 17.5 Å². The first-order valence-electron chi connectivity index (χ1n) is 13.1. The molecule has 2 aliphatic rings. The van der Waals surface area contributed by atoms with Gasteiger partial charge in [0.1, 0.15) is 11.9 Å². The van der Waals surface area contributed by atoms with Crippen LogP contribution in [0.4, 0.5) is 10.1 Å². The summed E-state index contributed by atoms with van der Waals surface area (Å²) in [6.07, 6.45) is 7.39. The average molecular weight is 480 g/mol. The fourth-order valence-corrected chi connectivity index (χ4v) is 5.40. The molecule has 188 valence electrons. The summed E-state index contributed by atoms with van der Waals surface area (Å²) in [5, 5.41) is 6.13. The van der Waals surface area contributed by atoms with E-state index in [-0.39, 0.29) is 23.5 Å². The van der Waals surface area contributed by atoms with Crippen LogP contribution >= 0.6 is 0 Å². The van der Waals surface area contributed by atoms with Crippen LogP contribution < -0.4 is 15.5 Å². The molecule has 0 radical (unpaired) electrons. The van der Waals surface area contributed by atoms with Gasteiger partial charge in [-0.05, 0) is 61.9 Å². The predicted molar refractivity (Wildman–Crippen MR) is 138 cm³/mol. The average Bonchev–Trinajstić information content (AvgIpc) is 3.26. The molecule has 35 heavy (non-hydrogen) atoms. The number of anilines is 1. The molecule has 2 amide bonds. The van der Waals surface area contributed by atoms with Crippen molar-refractivity contribution in [1.82, 2.24) is 10.6 Å². The molecule has 0 saturated heterocycles. The van der Waals surface area contributed by atoms with Gasteiger partial charge in [0.2, 0.25) is 11.8 Å². The number of aryl methyl sites for hydroxylation is 1. The topological polar surface area (TPSA) is 61.4 Å². The van der Waals surface area contributed by atoms with Gasteiger partial charge in [-0.2, -0.15) is 0 Å². The Kier molecular flexibility index (Phi) is 8.42. The van der Waals surface area contributed by atoms with Gasteiger partial charge in [-0.15, -0.1) is 0 Å². The normalized spacial score (nSPS) is 17.5. The molecular weight excluding hydrogens is 441 g/mol. The standard InChI is InChI=1S/C29H38FN3O2/c1-20-8-10-23(11-9-20)21(2)28(34)32-26(18-22-6-4-3-5-7-22)29(35)31-15-17-33-16-14-24-19-25(30)12-13-27(24)33/h8-13,19,21-22,26H,3-7,14-18H2,1-2H3,(H,31,35)(H,32,34). The fraction of sp³-hybridized carbons (Fsp3) is 0.517. The van der Waals surface area contributed by atoms with Crippen molar-refractivity contribution in [3.8, 4) is 0 Å². The van der Waals surface area contributed by atoms with Crippen LogP contribution in [0.25, 0.3) is 0 Å². The summed E-state index contributed by atoms with van der Waals surface area (Å²) < 4.78 is 13.5. The Balaban J connectivity index is 1.35. The van der Waals surface area contributed by atoms with Gasteiger partial charge in [0.05, 0.1) is 5.92 Å². The number of amides is 2. The first-order chi connectivity index (χ1) is 16.9. The van der Waals surface area contributed by atoms with E-state index in [9.17, 15) is 14.0 Å². The maximum Gasteiger partial charge on any atom is 0.242 e. The molecule has 2 N–H and O–H groups in total. The van der Waals surface area contributed by atoms with Crippen molar-refractivity contribution in [2.45, 2.75) is 70.8 Å². The second kappa shape index (κ2) is 11.7. The number of fused-ring (bicyclic) bond motifs is 1. The molecule has 1 heterocycles. The van der Waals surface area contributed by atoms with Gasteiger partial charge in [0.15, 0.2) is 0 Å². The minimum absolute atomic E-state index is 0.111. The number of hydrogen-bond acceptors (Lipinski definition) is 3. The molecule has 2 unspecified atom stereocenters. The van der Waals surface area contributed by atoms with Gasteiger partial charge in [-0.1, -0.05) is 61.9 Å². The van der Waals surface area contributed by atoms with Crippen molar-refractivity contribution in [2.24, 2.45) is 5.92 Å². The summed E-state index contributed by atoms with van der Waals surface area (Å²) in [5.41, 5.74) is 4.17. The summed E-state index contributed by atoms with van der Waals surface area (Å²) in [7, 11) is 0. The van der Waals surface area contributed by atoms with E-state index in [0.717, 1.165) is 48.2 Å². The van der Waals surface area contributed by atoms with Gasteiger partial charge < -0.3 is 15.5 Å². The van der Waals surface area contributed by atoms with Crippen LogP contribution in [0.15, 0.2) is 42.5 Å². The Morgan fingerprint density at radius 3 is 2.54 bits per heavy atom. The van der Waals surface area contributed by atoms with E-state index in [1.165, 1.54) is 25.3 Å². The summed E-state index contributed by atoms with van der Waals surface area (Å²) in [6, 6.07) is 12.4. The SMILES string of the molecule is Cc1ccc(C(C)C(=O)NC(CC2CCCCC2)C(=O)NCCN2CCc3cc(F)ccc32)cc1. The Morgan fingerprint density at radius 2 is 1.80 bits per heavy atom. The largest absolute Gasteiger partial charge is 0.369 e. The molecule has 5 nitrogen and oxygen atoms in total. The molecule has 0 bridgehead atoms. The van der Waals surface area contributed by atoms with Crippen molar-refractivity contribution in [1.29, 1.82) is 0 Å². The zero-order valence-corrected chi connectivity index (χ0v) is 21.0. The van der Waals surface area contributed by atoms with E-state index in [1.54, 1.807) is 6.07 Å². The lowest BCUT2D eigenvalue weighted by atomic mass is 9.84. The van der Waals surface area contributed by atoms with E-state index < -0.39 is 6.04 Å². The van der Waals surface area contributed by atoms with Crippen LogP contribution in [0.5, 0.6) is 0 Å². The quantitative estimate of drug-likeness (QED) is 0.539. The molecule has 2 atom stereocenters. The van der Waals surface area contributed by atoms with Gasteiger partial charge in [-0.3, -0.25) is 9.59 Å². The third-order valence-electron chi connectivity index (χ3n) is 7.61. The Hall–Kier alpha value is -2.89. The van der Waals surface area contributed by atoms with Crippen molar-refractivity contribution < 1.29 is 14.0 Å². The van der Waals surface area contributed by atoms with E-state index >= 15 is 0 Å². The smallest absolute Gasteiger partial charge is 0.242 e. The van der Waals surface area contributed by atoms with Crippen LogP contribution in [-0.2, 0) is 16.0 Å². The molecule has 6 heteroatoms. The highest BCUT2D eigenvalue weighted by atomic mass is 19.1. The highest BCUT2D eigenvalue weighted by Gasteiger charge is 2.28. The molecular formula is C29H38FN3O2. The van der Waals surface area contributed by atoms with Crippen LogP contribution in [-0.4, -0.2) is 37.5 Å². The molecule has 1 aliphatic heterocycles. The Labute approximate surface area is 208 Å². The lowest BCUT2D eigenvalue weighted by Crippen LogP contribution is -2.50. The van der Waals surface area contributed by atoms with Crippen molar-refractivity contribution in [2.75, 3.05) is 24.5 Å². The Morgan fingerprint density at radius 1 is 1.06 bits per heavy atom. The maximum atomic E-state index is 13.5. The minimum atomic E-state index is -0.529.